The van der Waals surface area contributed by atoms with Gasteiger partial charge >= 0.3 is 5.97 Å². The standard InChI is InChI=1S/C12H12BrN3O2S/c1-6-4-15-11(19-6)7(2)16-10-9(12(17)18)3-8(13)5-14-10/h3-5,7H,1-2H3,(H,14,16)(H,17,18). The second kappa shape index (κ2) is 5.66. The second-order valence-corrected chi connectivity index (χ2v) is 6.21. The van der Waals surface area contributed by atoms with Gasteiger partial charge < -0.3 is 10.4 Å². The number of aryl methyl sites for hydroxylation is 1. The Bertz CT molecular complexity index is 615. The number of carbonyl (C=O) groups is 1. The van der Waals surface area contributed by atoms with Crippen molar-refractivity contribution >= 4 is 39.1 Å². The van der Waals surface area contributed by atoms with Crippen LogP contribution in [0.4, 0.5) is 5.82 Å². The Balaban J connectivity index is 2.26. The van der Waals surface area contributed by atoms with Crippen LogP contribution < -0.4 is 5.32 Å². The minimum atomic E-state index is -1.01. The lowest BCUT2D eigenvalue weighted by atomic mass is 10.2. The van der Waals surface area contributed by atoms with Gasteiger partial charge in [0.05, 0.1) is 6.04 Å². The molecule has 0 aromatic carbocycles. The van der Waals surface area contributed by atoms with Crippen molar-refractivity contribution in [2.24, 2.45) is 0 Å². The van der Waals surface area contributed by atoms with E-state index in [9.17, 15) is 4.79 Å². The largest absolute Gasteiger partial charge is 0.478 e. The minimum absolute atomic E-state index is 0.0922. The SMILES string of the molecule is Cc1cnc(C(C)Nc2ncc(Br)cc2C(=O)O)s1. The number of thiazole rings is 1. The normalized spacial score (nSPS) is 12.2. The van der Waals surface area contributed by atoms with Crippen molar-refractivity contribution in [1.82, 2.24) is 9.97 Å². The predicted octanol–water partition coefficient (Wildman–Crippen LogP) is 3.48. The first kappa shape index (κ1) is 14.0. The van der Waals surface area contributed by atoms with Crippen molar-refractivity contribution in [2.45, 2.75) is 19.9 Å². The average Bonchev–Trinajstić information content (AvgIpc) is 2.78. The van der Waals surface area contributed by atoms with E-state index in [1.165, 1.54) is 6.07 Å². The Morgan fingerprint density at radius 3 is 2.79 bits per heavy atom. The van der Waals surface area contributed by atoms with E-state index in [4.69, 9.17) is 5.11 Å². The molecule has 0 saturated carbocycles. The quantitative estimate of drug-likeness (QED) is 0.890. The van der Waals surface area contributed by atoms with Crippen molar-refractivity contribution in [1.29, 1.82) is 0 Å². The van der Waals surface area contributed by atoms with Gasteiger partial charge in [0.2, 0.25) is 0 Å². The van der Waals surface area contributed by atoms with E-state index in [1.54, 1.807) is 23.7 Å². The number of aromatic carboxylic acids is 1. The lowest BCUT2D eigenvalue weighted by molar-refractivity contribution is 0.0697. The third kappa shape index (κ3) is 3.30. The molecular formula is C12H12BrN3O2S. The zero-order chi connectivity index (χ0) is 14.0. The van der Waals surface area contributed by atoms with Crippen LogP contribution in [0, 0.1) is 6.92 Å². The highest BCUT2D eigenvalue weighted by Crippen LogP contribution is 2.25. The molecule has 19 heavy (non-hydrogen) atoms. The van der Waals surface area contributed by atoms with Gasteiger partial charge in [0, 0.05) is 21.7 Å². The topological polar surface area (TPSA) is 75.1 Å². The highest BCUT2D eigenvalue weighted by molar-refractivity contribution is 9.10. The Morgan fingerprint density at radius 2 is 2.21 bits per heavy atom. The highest BCUT2D eigenvalue weighted by Gasteiger charge is 2.16. The van der Waals surface area contributed by atoms with Crippen LogP contribution in [-0.2, 0) is 0 Å². The number of nitrogens with zero attached hydrogens (tertiary/aromatic N) is 2. The number of rotatable bonds is 4. The smallest absolute Gasteiger partial charge is 0.339 e. The molecule has 5 nitrogen and oxygen atoms in total. The number of pyridine rings is 1. The van der Waals surface area contributed by atoms with Crippen LogP contribution in [-0.4, -0.2) is 21.0 Å². The number of hydrogen-bond donors (Lipinski definition) is 2. The van der Waals surface area contributed by atoms with Gasteiger partial charge in [-0.2, -0.15) is 0 Å². The maximum absolute atomic E-state index is 11.2. The van der Waals surface area contributed by atoms with E-state index in [0.29, 0.717) is 10.3 Å². The fourth-order valence-electron chi connectivity index (χ4n) is 1.56. The lowest BCUT2D eigenvalue weighted by Crippen LogP contribution is -2.12. The number of carboxylic acids is 1. The summed E-state index contributed by atoms with van der Waals surface area (Å²) in [6.45, 7) is 3.90. The molecule has 0 radical (unpaired) electrons. The molecule has 0 amide bonds. The first-order valence-corrected chi connectivity index (χ1v) is 7.16. The zero-order valence-electron chi connectivity index (χ0n) is 10.3. The van der Waals surface area contributed by atoms with E-state index >= 15 is 0 Å². The Morgan fingerprint density at radius 1 is 1.47 bits per heavy atom. The van der Waals surface area contributed by atoms with E-state index in [2.05, 4.69) is 31.2 Å². The minimum Gasteiger partial charge on any atom is -0.478 e. The summed E-state index contributed by atoms with van der Waals surface area (Å²) in [5.74, 6) is -0.671. The van der Waals surface area contributed by atoms with Crippen molar-refractivity contribution in [3.8, 4) is 0 Å². The molecule has 2 aromatic rings. The zero-order valence-corrected chi connectivity index (χ0v) is 12.7. The average molecular weight is 342 g/mol. The van der Waals surface area contributed by atoms with Crippen LogP contribution in [0.25, 0.3) is 0 Å². The Hall–Kier alpha value is -1.47. The van der Waals surface area contributed by atoms with Gasteiger partial charge in [-0.3, -0.25) is 0 Å². The highest BCUT2D eigenvalue weighted by atomic mass is 79.9. The molecule has 0 saturated heterocycles. The number of aromatic nitrogens is 2. The Labute approximate surface area is 122 Å². The number of nitrogens with one attached hydrogen (secondary N) is 1. The number of carboxylic acid groups (broad SMARTS) is 1. The molecule has 1 unspecified atom stereocenters. The fourth-order valence-corrected chi connectivity index (χ4v) is 2.66. The van der Waals surface area contributed by atoms with Crippen LogP contribution in [0.5, 0.6) is 0 Å². The monoisotopic (exact) mass is 341 g/mol. The van der Waals surface area contributed by atoms with Crippen LogP contribution in [0.15, 0.2) is 22.9 Å². The van der Waals surface area contributed by atoms with Gasteiger partial charge in [-0.15, -0.1) is 11.3 Å². The Kier molecular flexibility index (Phi) is 4.16. The molecule has 100 valence electrons. The van der Waals surface area contributed by atoms with Gasteiger partial charge in [-0.25, -0.2) is 14.8 Å². The number of anilines is 1. The molecule has 0 bridgehead atoms. The summed E-state index contributed by atoms with van der Waals surface area (Å²) >= 11 is 4.79. The van der Waals surface area contributed by atoms with Crippen molar-refractivity contribution in [2.75, 3.05) is 5.32 Å². The van der Waals surface area contributed by atoms with Crippen LogP contribution in [0.2, 0.25) is 0 Å². The van der Waals surface area contributed by atoms with E-state index < -0.39 is 5.97 Å². The summed E-state index contributed by atoms with van der Waals surface area (Å²) in [6.07, 6.45) is 3.36. The van der Waals surface area contributed by atoms with Crippen molar-refractivity contribution < 1.29 is 9.90 Å². The molecule has 2 heterocycles. The first-order chi connectivity index (χ1) is 8.97. The van der Waals surface area contributed by atoms with E-state index in [-0.39, 0.29) is 11.6 Å². The molecule has 0 fully saturated rings. The summed E-state index contributed by atoms with van der Waals surface area (Å²) in [7, 11) is 0. The predicted molar refractivity (Wildman–Crippen MR) is 77.8 cm³/mol. The van der Waals surface area contributed by atoms with Gasteiger partial charge in [-0.1, -0.05) is 0 Å². The van der Waals surface area contributed by atoms with Crippen molar-refractivity contribution in [3.05, 3.63) is 38.4 Å². The molecular weight excluding hydrogens is 330 g/mol. The molecule has 2 rings (SSSR count). The van der Waals surface area contributed by atoms with E-state index in [0.717, 1.165) is 9.88 Å². The second-order valence-electron chi connectivity index (χ2n) is 4.03. The third-order valence-electron chi connectivity index (χ3n) is 2.45. The molecule has 2 N–H and O–H groups in total. The van der Waals surface area contributed by atoms with Gasteiger partial charge in [0.25, 0.3) is 0 Å². The van der Waals surface area contributed by atoms with Crippen LogP contribution in [0.1, 0.15) is 33.2 Å². The van der Waals surface area contributed by atoms with Gasteiger partial charge in [0.15, 0.2) is 0 Å². The summed E-state index contributed by atoms with van der Waals surface area (Å²) in [6, 6.07) is 1.43. The fraction of sp³-hybridized carbons (Fsp3) is 0.250. The molecule has 7 heteroatoms. The summed E-state index contributed by atoms with van der Waals surface area (Å²) in [5.41, 5.74) is 0.134. The van der Waals surface area contributed by atoms with Crippen LogP contribution in [0.3, 0.4) is 0 Å². The molecule has 0 aliphatic carbocycles. The lowest BCUT2D eigenvalue weighted by Gasteiger charge is -2.13. The van der Waals surface area contributed by atoms with Crippen LogP contribution >= 0.6 is 27.3 Å². The van der Waals surface area contributed by atoms with Crippen molar-refractivity contribution in [3.63, 3.8) is 0 Å². The first-order valence-electron chi connectivity index (χ1n) is 5.55. The number of hydrogen-bond acceptors (Lipinski definition) is 5. The molecule has 0 aliphatic heterocycles. The molecule has 1 atom stereocenters. The van der Waals surface area contributed by atoms with Gasteiger partial charge in [-0.05, 0) is 35.8 Å². The molecule has 0 aliphatic rings. The van der Waals surface area contributed by atoms with Gasteiger partial charge in [0.1, 0.15) is 16.4 Å². The summed E-state index contributed by atoms with van der Waals surface area (Å²) < 4.78 is 0.633. The number of halogens is 1. The maximum atomic E-state index is 11.2. The van der Waals surface area contributed by atoms with E-state index in [1.807, 2.05) is 13.8 Å². The third-order valence-corrected chi connectivity index (χ3v) is 3.98. The molecule has 0 spiro atoms. The summed E-state index contributed by atoms with van der Waals surface area (Å²) in [5, 5.41) is 13.1. The molecule has 2 aromatic heterocycles. The summed E-state index contributed by atoms with van der Waals surface area (Å²) in [4.78, 5) is 20.7. The maximum Gasteiger partial charge on any atom is 0.339 e.